The van der Waals surface area contributed by atoms with Crippen molar-refractivity contribution in [1.82, 2.24) is 56.0 Å². The molecule has 0 rings (SSSR count). The van der Waals surface area contributed by atoms with Gasteiger partial charge < -0.3 is 75.9 Å². The number of ether oxygens (including phenoxy) is 2. The van der Waals surface area contributed by atoms with Gasteiger partial charge in [0, 0.05) is 42.3 Å². The van der Waals surface area contributed by atoms with E-state index >= 15 is 0 Å². The zero-order valence-electron chi connectivity index (χ0n) is 65.2. The van der Waals surface area contributed by atoms with Gasteiger partial charge in [0.15, 0.2) is 6.04 Å². The van der Waals surface area contributed by atoms with E-state index in [0.717, 1.165) is 21.6 Å². The third kappa shape index (κ3) is 29.3. The Kier molecular flexibility index (Phi) is 38.2. The molecule has 0 spiro atoms. The second-order valence-electron chi connectivity index (χ2n) is 30.7. The normalized spacial score (nSPS) is 16.6. The number of nitrogens with one attached hydrogen (secondary N) is 5. The molecule has 0 aliphatic heterocycles. The van der Waals surface area contributed by atoms with Gasteiger partial charge >= 0.3 is 12.1 Å². The highest BCUT2D eigenvalue weighted by Gasteiger charge is 2.46. The maximum atomic E-state index is 14.8. The summed E-state index contributed by atoms with van der Waals surface area (Å²) in [4.78, 5) is 177. The number of nitrogens with zero attached hydrogens (tertiary/aromatic N) is 6. The van der Waals surface area contributed by atoms with Gasteiger partial charge in [-0.3, -0.25) is 52.8 Å². The van der Waals surface area contributed by atoms with Crippen molar-refractivity contribution in [2.75, 3.05) is 42.3 Å². The Labute approximate surface area is 590 Å². The Morgan fingerprint density at radius 2 is 0.848 bits per heavy atom. The van der Waals surface area contributed by atoms with Crippen molar-refractivity contribution in [2.45, 2.75) is 294 Å². The summed E-state index contributed by atoms with van der Waals surface area (Å²) in [5.41, 5.74) is -1.65. The van der Waals surface area contributed by atoms with E-state index in [-0.39, 0.29) is 62.2 Å². The largest absolute Gasteiger partial charge is 0.480 e. The van der Waals surface area contributed by atoms with Gasteiger partial charge in [0.25, 0.3) is 0 Å². The Bertz CT molecular complexity index is 2730. The van der Waals surface area contributed by atoms with Crippen LogP contribution in [0.2, 0.25) is 0 Å². The van der Waals surface area contributed by atoms with Gasteiger partial charge in [0.05, 0.1) is 23.9 Å². The number of carbonyl (C=O) groups excluding carboxylic acids is 11. The van der Waals surface area contributed by atoms with Crippen LogP contribution in [-0.4, -0.2) is 254 Å². The topological polar surface area (TPSA) is 364 Å². The fourth-order valence-electron chi connectivity index (χ4n) is 11.7. The van der Waals surface area contributed by atoms with Crippen molar-refractivity contribution in [3.8, 4) is 0 Å². The monoisotopic (exact) mass is 1410 g/mol. The van der Waals surface area contributed by atoms with Gasteiger partial charge in [-0.25, -0.2) is 9.59 Å². The summed E-state index contributed by atoms with van der Waals surface area (Å²) in [5, 5.41) is 45.0. The molecule has 0 saturated heterocycles. The molecule has 0 aliphatic carbocycles. The van der Waals surface area contributed by atoms with Gasteiger partial charge in [0.2, 0.25) is 59.1 Å². The number of carboxylic acid groups (broad SMARTS) is 1. The molecule has 0 saturated carbocycles. The number of hydrogen-bond donors (Lipinski definition) is 8. The van der Waals surface area contributed by atoms with E-state index < -0.39 is 179 Å². The molecule has 0 aromatic rings. The van der Waals surface area contributed by atoms with Gasteiger partial charge in [-0.15, -0.1) is 0 Å². The van der Waals surface area contributed by atoms with Crippen molar-refractivity contribution in [3.63, 3.8) is 0 Å². The first-order valence-electron chi connectivity index (χ1n) is 34.9. The fourth-order valence-corrected chi connectivity index (χ4v) is 11.7. The summed E-state index contributed by atoms with van der Waals surface area (Å²) < 4.78 is 11.8. The molecule has 0 aliphatic rings. The molecule has 0 bridgehead atoms. The van der Waals surface area contributed by atoms with Crippen molar-refractivity contribution < 1.29 is 82.3 Å². The summed E-state index contributed by atoms with van der Waals surface area (Å²) in [6.07, 6.45) is -0.480. The zero-order valence-corrected chi connectivity index (χ0v) is 65.2. The van der Waals surface area contributed by atoms with Gasteiger partial charge in [-0.05, 0) is 150 Å². The van der Waals surface area contributed by atoms with Crippen molar-refractivity contribution in [2.24, 2.45) is 35.5 Å². The Balaban J connectivity index is 7.06. The highest BCUT2D eigenvalue weighted by molar-refractivity contribution is 5.99. The third-order valence-electron chi connectivity index (χ3n) is 17.0. The van der Waals surface area contributed by atoms with E-state index in [1.165, 1.54) is 70.8 Å². The fraction of sp³-hybridized carbons (Fsp3) is 0.803. The van der Waals surface area contributed by atoms with E-state index in [1.807, 2.05) is 55.4 Å². The summed E-state index contributed by atoms with van der Waals surface area (Å²) >= 11 is 0. The van der Waals surface area contributed by atoms with Gasteiger partial charge in [-0.1, -0.05) is 95.2 Å². The summed E-state index contributed by atoms with van der Waals surface area (Å²) in [5.74, 6) is -11.1. The predicted molar refractivity (Wildman–Crippen MR) is 379 cm³/mol. The molecule has 0 aromatic carbocycles. The minimum Gasteiger partial charge on any atom is -0.480 e. The van der Waals surface area contributed by atoms with E-state index in [2.05, 4.69) is 26.6 Å². The standard InChI is InChI=1S/C71H129N11O17/c1-30-32-33-43(13)57(84)56(62(89)76-53(46(16)83)68(95)96)82(29)67(94)54(42(11)12)80(27)65(92)49(35-39(5)6)74-60(87)52(37-41(9)10)77(24)63(90)45(15)73-58(85)44(14)72-59(86)51(36-40(7)8)78(25)64(91)48(34-38(3)4)75-61(88)55(47(17)98-70(18,19)20)81(28)66(93)50(31-2)79(26)69(97)99-71(21,22)23/h30,32,38-57,83-84H,31,33-37H2,1-29H3,(H,72,86)(H,73,85)(H,74,87)(H,75,88)(H,76,89)(H,95,96)/b32-30+/t43-,44+,45-,46-,47?,48+,49+,50-,51+,52+,53+,54+,55+,56+,57-/m1/s1. The molecule has 0 aromatic heterocycles. The van der Waals surface area contributed by atoms with Crippen LogP contribution in [0, 0.1) is 35.5 Å². The number of aliphatic hydroxyl groups is 2. The lowest BCUT2D eigenvalue weighted by molar-refractivity contribution is -0.155. The number of aliphatic hydroxyl groups excluding tert-OH is 2. The molecule has 0 fully saturated rings. The molecule has 11 amide bonds. The molecule has 99 heavy (non-hydrogen) atoms. The smallest absolute Gasteiger partial charge is 0.410 e. The van der Waals surface area contributed by atoms with Crippen LogP contribution >= 0.6 is 0 Å². The first-order valence-corrected chi connectivity index (χ1v) is 34.9. The number of hydrogen-bond acceptors (Lipinski definition) is 16. The average molecular weight is 1410 g/mol. The maximum absolute atomic E-state index is 14.8. The Morgan fingerprint density at radius 3 is 1.25 bits per heavy atom. The number of amides is 11. The molecule has 28 nitrogen and oxygen atoms in total. The van der Waals surface area contributed by atoms with E-state index in [4.69, 9.17) is 9.47 Å². The number of rotatable bonds is 39. The van der Waals surface area contributed by atoms with E-state index in [9.17, 15) is 72.9 Å². The molecule has 1 unspecified atom stereocenters. The molecule has 570 valence electrons. The number of aliphatic carboxylic acids is 1. The summed E-state index contributed by atoms with van der Waals surface area (Å²) in [7, 11) is 8.28. The highest BCUT2D eigenvalue weighted by Crippen LogP contribution is 2.25. The van der Waals surface area contributed by atoms with Crippen molar-refractivity contribution in [1.29, 1.82) is 0 Å². The van der Waals surface area contributed by atoms with Crippen molar-refractivity contribution >= 4 is 71.1 Å². The van der Waals surface area contributed by atoms with Crippen molar-refractivity contribution in [3.05, 3.63) is 12.2 Å². The number of likely N-dealkylation sites (N-methyl/N-ethyl adjacent to an activating group) is 6. The molecule has 28 heteroatoms. The predicted octanol–water partition coefficient (Wildman–Crippen LogP) is 4.70. The number of allylic oxidation sites excluding steroid dienone is 2. The Morgan fingerprint density at radius 1 is 0.444 bits per heavy atom. The number of carbonyl (C=O) groups is 12. The molecular weight excluding hydrogens is 1280 g/mol. The first-order chi connectivity index (χ1) is 45.2. The lowest BCUT2D eigenvalue weighted by Crippen LogP contribution is -2.63. The van der Waals surface area contributed by atoms with Crippen LogP contribution in [0.4, 0.5) is 4.79 Å². The van der Waals surface area contributed by atoms with E-state index in [1.54, 1.807) is 95.2 Å². The Hall–Kier alpha value is -6.94. The van der Waals surface area contributed by atoms with Crippen LogP contribution in [0.25, 0.3) is 0 Å². The van der Waals surface area contributed by atoms with Crippen LogP contribution in [0.5, 0.6) is 0 Å². The third-order valence-corrected chi connectivity index (χ3v) is 17.0. The summed E-state index contributed by atoms with van der Waals surface area (Å²) in [6.45, 7) is 39.2. The molecule has 0 heterocycles. The van der Waals surface area contributed by atoms with Gasteiger partial charge in [-0.2, -0.15) is 0 Å². The van der Waals surface area contributed by atoms with E-state index in [0.29, 0.717) is 0 Å². The van der Waals surface area contributed by atoms with Crippen LogP contribution in [0.15, 0.2) is 12.2 Å². The second kappa shape index (κ2) is 41.1. The SMILES string of the molecule is C/C=C/C[C@@H](C)[C@@H](O)[C@@H](C(=O)N[C@H](C(=O)O)[C@@H](C)O)N(C)C(=O)[C@H](C(C)C)N(C)C(=O)[C@H](CC(C)C)NC(=O)[C@H](CC(C)C)N(C)C(=O)[C@@H](C)NC(=O)[C@H](C)NC(=O)[C@H](CC(C)C)N(C)C(=O)[C@H](CC(C)C)NC(=O)[C@H](C(C)OC(C)(C)C)N(C)C(=O)[C@@H](CC)N(C)C(=O)OC(C)(C)C. The molecule has 8 N–H and O–H groups in total. The van der Waals surface area contributed by atoms with Crippen LogP contribution in [0.1, 0.15) is 198 Å². The summed E-state index contributed by atoms with van der Waals surface area (Å²) in [6, 6.07) is -14.7. The van der Waals surface area contributed by atoms with Gasteiger partial charge in [0.1, 0.15) is 66.0 Å². The lowest BCUT2D eigenvalue weighted by Gasteiger charge is -2.40. The second-order valence-corrected chi connectivity index (χ2v) is 30.7. The average Bonchev–Trinajstić information content (AvgIpc) is 0.810. The molecular formula is C71H129N11O17. The minimum absolute atomic E-state index is 0.0678. The highest BCUT2D eigenvalue weighted by atomic mass is 16.6. The zero-order chi connectivity index (χ0) is 77.5. The van der Waals surface area contributed by atoms with Crippen LogP contribution in [0.3, 0.4) is 0 Å². The quantitative estimate of drug-likeness (QED) is 0.0387. The van der Waals surface area contributed by atoms with Crippen LogP contribution in [-0.2, 0) is 62.2 Å². The number of carboxylic acids is 1. The minimum atomic E-state index is -1.79. The lowest BCUT2D eigenvalue weighted by atomic mass is 9.91. The molecule has 15 atom stereocenters. The first kappa shape index (κ1) is 92.1. The van der Waals surface area contributed by atoms with Crippen LogP contribution < -0.4 is 26.6 Å². The maximum Gasteiger partial charge on any atom is 0.410 e. The molecule has 0 radical (unpaired) electrons.